The highest BCUT2D eigenvalue weighted by atomic mass is 127. The molecule has 0 amide bonds. The fourth-order valence-corrected chi connectivity index (χ4v) is 2.53. The number of hydrogen-bond acceptors (Lipinski definition) is 4. The summed E-state index contributed by atoms with van der Waals surface area (Å²) in [6.45, 7) is 2.98. The molecule has 0 atom stereocenters. The summed E-state index contributed by atoms with van der Waals surface area (Å²) in [6.07, 6.45) is 2.64. The van der Waals surface area contributed by atoms with Crippen molar-refractivity contribution in [1.29, 1.82) is 0 Å². The van der Waals surface area contributed by atoms with Gasteiger partial charge in [-0.3, -0.25) is 4.99 Å². The van der Waals surface area contributed by atoms with Gasteiger partial charge in [-0.1, -0.05) is 35.5 Å². The minimum atomic E-state index is 0. The molecular weight excluding hydrogens is 443 g/mol. The van der Waals surface area contributed by atoms with E-state index in [0.29, 0.717) is 6.54 Å². The van der Waals surface area contributed by atoms with E-state index in [-0.39, 0.29) is 24.0 Å². The van der Waals surface area contributed by atoms with Gasteiger partial charge in [0, 0.05) is 38.9 Å². The van der Waals surface area contributed by atoms with Gasteiger partial charge in [-0.05, 0) is 18.8 Å². The zero-order chi connectivity index (χ0) is 17.5. The Kier molecular flexibility index (Phi) is 8.37. The molecule has 0 unspecified atom stereocenters. The maximum atomic E-state index is 5.69. The molecule has 3 rings (SSSR count). The number of guanidine groups is 1. The third kappa shape index (κ3) is 6.28. The second kappa shape index (κ2) is 10.5. The second-order valence-electron chi connectivity index (χ2n) is 6.39. The average Bonchev–Trinajstić information content (AvgIpc) is 3.35. The lowest BCUT2D eigenvalue weighted by atomic mass is 10.2. The SMILES string of the molecule is CN=C(NCc1cc(-c2ccccc2)on1)N(C)CCOCC1CC1.I. The molecule has 1 aliphatic carbocycles. The molecule has 6 nitrogen and oxygen atoms in total. The number of aromatic nitrogens is 1. The van der Waals surface area contributed by atoms with E-state index in [1.807, 2.05) is 43.4 Å². The molecule has 0 saturated heterocycles. The zero-order valence-corrected chi connectivity index (χ0v) is 17.7. The highest BCUT2D eigenvalue weighted by Gasteiger charge is 2.21. The summed E-state index contributed by atoms with van der Waals surface area (Å²) in [4.78, 5) is 6.37. The minimum Gasteiger partial charge on any atom is -0.379 e. The van der Waals surface area contributed by atoms with Crippen molar-refractivity contribution < 1.29 is 9.26 Å². The lowest BCUT2D eigenvalue weighted by molar-refractivity contribution is 0.115. The Morgan fingerprint density at radius 3 is 2.81 bits per heavy atom. The highest BCUT2D eigenvalue weighted by Crippen LogP contribution is 2.28. The summed E-state index contributed by atoms with van der Waals surface area (Å²) in [5.74, 6) is 2.39. The van der Waals surface area contributed by atoms with E-state index >= 15 is 0 Å². The lowest BCUT2D eigenvalue weighted by Gasteiger charge is -2.21. The van der Waals surface area contributed by atoms with Crippen molar-refractivity contribution in [1.82, 2.24) is 15.4 Å². The van der Waals surface area contributed by atoms with Gasteiger partial charge in [0.1, 0.15) is 5.69 Å². The van der Waals surface area contributed by atoms with Crippen LogP contribution in [0.4, 0.5) is 0 Å². The predicted octanol–water partition coefficient (Wildman–Crippen LogP) is 3.39. The van der Waals surface area contributed by atoms with Crippen LogP contribution in [0, 0.1) is 5.92 Å². The first-order valence-corrected chi connectivity index (χ1v) is 8.77. The summed E-state index contributed by atoms with van der Waals surface area (Å²) in [7, 11) is 3.79. The number of aliphatic imine (C=N–C) groups is 1. The molecule has 1 aliphatic rings. The van der Waals surface area contributed by atoms with Crippen molar-refractivity contribution in [3.63, 3.8) is 0 Å². The van der Waals surface area contributed by atoms with Crippen LogP contribution in [0.3, 0.4) is 0 Å². The van der Waals surface area contributed by atoms with Crippen LogP contribution < -0.4 is 5.32 Å². The molecule has 0 spiro atoms. The fourth-order valence-electron chi connectivity index (χ4n) is 2.53. The van der Waals surface area contributed by atoms with Crippen LogP contribution in [0.25, 0.3) is 11.3 Å². The van der Waals surface area contributed by atoms with Crippen LogP contribution in [0.15, 0.2) is 45.9 Å². The minimum absolute atomic E-state index is 0. The van der Waals surface area contributed by atoms with Gasteiger partial charge in [-0.15, -0.1) is 24.0 Å². The van der Waals surface area contributed by atoms with Gasteiger partial charge in [0.15, 0.2) is 11.7 Å². The number of benzene rings is 1. The van der Waals surface area contributed by atoms with E-state index in [0.717, 1.165) is 48.7 Å². The standard InChI is InChI=1S/C19H26N4O2.HI/c1-20-19(23(2)10-11-24-14-15-8-9-15)21-13-17-12-18(25-22-17)16-6-4-3-5-7-16;/h3-7,12,15H,8-11,13-14H2,1-2H3,(H,20,21);1H. The Hall–Kier alpha value is -1.61. The van der Waals surface area contributed by atoms with Crippen LogP contribution in [0.5, 0.6) is 0 Å². The number of halogens is 1. The second-order valence-corrected chi connectivity index (χ2v) is 6.39. The maximum absolute atomic E-state index is 5.69. The van der Waals surface area contributed by atoms with E-state index in [2.05, 4.69) is 20.4 Å². The molecule has 1 heterocycles. The number of hydrogen-bond donors (Lipinski definition) is 1. The number of nitrogens with one attached hydrogen (secondary N) is 1. The van der Waals surface area contributed by atoms with Crippen LogP contribution in [-0.4, -0.2) is 49.9 Å². The van der Waals surface area contributed by atoms with Crippen molar-refractivity contribution in [2.45, 2.75) is 19.4 Å². The summed E-state index contributed by atoms with van der Waals surface area (Å²) in [6, 6.07) is 11.9. The van der Waals surface area contributed by atoms with Crippen LogP contribution in [0.1, 0.15) is 18.5 Å². The Balaban J connectivity index is 0.00000243. The molecule has 7 heteroatoms. The van der Waals surface area contributed by atoms with E-state index in [4.69, 9.17) is 9.26 Å². The van der Waals surface area contributed by atoms with Gasteiger partial charge in [-0.25, -0.2) is 0 Å². The van der Waals surface area contributed by atoms with Crippen molar-refractivity contribution in [3.05, 3.63) is 42.1 Å². The molecular formula is C19H27IN4O2. The quantitative estimate of drug-likeness (QED) is 0.278. The van der Waals surface area contributed by atoms with Crippen molar-refractivity contribution >= 4 is 29.9 Å². The van der Waals surface area contributed by atoms with Crippen LogP contribution >= 0.6 is 24.0 Å². The number of ether oxygens (including phenoxy) is 1. The number of likely N-dealkylation sites (N-methyl/N-ethyl adjacent to an activating group) is 1. The van der Waals surface area contributed by atoms with Crippen molar-refractivity contribution in [2.75, 3.05) is 33.9 Å². The molecule has 0 radical (unpaired) electrons. The molecule has 0 aliphatic heterocycles. The monoisotopic (exact) mass is 470 g/mol. The smallest absolute Gasteiger partial charge is 0.193 e. The van der Waals surface area contributed by atoms with Crippen molar-refractivity contribution in [3.8, 4) is 11.3 Å². The topological polar surface area (TPSA) is 62.9 Å². The molecule has 0 bridgehead atoms. The first-order valence-electron chi connectivity index (χ1n) is 8.77. The summed E-state index contributed by atoms with van der Waals surface area (Å²) in [5, 5.41) is 7.43. The van der Waals surface area contributed by atoms with Crippen LogP contribution in [-0.2, 0) is 11.3 Å². The molecule has 1 saturated carbocycles. The van der Waals surface area contributed by atoms with Crippen LogP contribution in [0.2, 0.25) is 0 Å². The average molecular weight is 470 g/mol. The van der Waals surface area contributed by atoms with E-state index in [9.17, 15) is 0 Å². The maximum Gasteiger partial charge on any atom is 0.193 e. The highest BCUT2D eigenvalue weighted by molar-refractivity contribution is 14.0. The molecule has 1 fully saturated rings. The zero-order valence-electron chi connectivity index (χ0n) is 15.4. The van der Waals surface area contributed by atoms with Crippen molar-refractivity contribution in [2.24, 2.45) is 10.9 Å². The van der Waals surface area contributed by atoms with Gasteiger partial charge >= 0.3 is 0 Å². The molecule has 1 aromatic heterocycles. The Bertz CT molecular complexity index is 686. The normalized spacial score (nSPS) is 14.0. The summed E-state index contributed by atoms with van der Waals surface area (Å²) in [5.41, 5.74) is 1.87. The van der Waals surface area contributed by atoms with Gasteiger partial charge in [0.25, 0.3) is 0 Å². The van der Waals surface area contributed by atoms with Gasteiger partial charge in [-0.2, -0.15) is 0 Å². The molecule has 1 aromatic carbocycles. The fraction of sp³-hybridized carbons (Fsp3) is 0.474. The largest absolute Gasteiger partial charge is 0.379 e. The number of rotatable bonds is 8. The number of nitrogens with zero attached hydrogens (tertiary/aromatic N) is 3. The first-order chi connectivity index (χ1) is 12.3. The van der Waals surface area contributed by atoms with E-state index < -0.39 is 0 Å². The molecule has 26 heavy (non-hydrogen) atoms. The molecule has 142 valence electrons. The first kappa shape index (κ1) is 20.7. The molecule has 2 aromatic rings. The van der Waals surface area contributed by atoms with Gasteiger partial charge in [0.05, 0.1) is 13.2 Å². The van der Waals surface area contributed by atoms with E-state index in [1.165, 1.54) is 12.8 Å². The Morgan fingerprint density at radius 1 is 1.35 bits per heavy atom. The van der Waals surface area contributed by atoms with E-state index in [1.54, 1.807) is 7.05 Å². The lowest BCUT2D eigenvalue weighted by Crippen LogP contribution is -2.40. The van der Waals surface area contributed by atoms with Gasteiger partial charge < -0.3 is 19.5 Å². The third-order valence-electron chi connectivity index (χ3n) is 4.24. The third-order valence-corrected chi connectivity index (χ3v) is 4.24. The summed E-state index contributed by atoms with van der Waals surface area (Å²) < 4.78 is 11.1. The predicted molar refractivity (Wildman–Crippen MR) is 114 cm³/mol. The summed E-state index contributed by atoms with van der Waals surface area (Å²) >= 11 is 0. The van der Waals surface area contributed by atoms with Gasteiger partial charge in [0.2, 0.25) is 0 Å². The Labute approximate surface area is 172 Å². The molecule has 1 N–H and O–H groups in total. The Morgan fingerprint density at radius 2 is 2.12 bits per heavy atom.